The van der Waals surface area contributed by atoms with Crippen molar-refractivity contribution in [3.8, 4) is 0 Å². The molecule has 0 N–H and O–H groups in total. The van der Waals surface area contributed by atoms with Crippen molar-refractivity contribution < 1.29 is 9.47 Å². The molecule has 0 atom stereocenters. The van der Waals surface area contributed by atoms with Crippen LogP contribution in [0.1, 0.15) is 6.92 Å². The molecule has 0 heterocycles. The van der Waals surface area contributed by atoms with Crippen molar-refractivity contribution in [2.24, 2.45) is 0 Å². The van der Waals surface area contributed by atoms with Crippen LogP contribution in [0.2, 0.25) is 0 Å². The zero-order valence-electron chi connectivity index (χ0n) is 4.96. The molecular formula is C6H10O2. The minimum absolute atomic E-state index is 0.244. The van der Waals surface area contributed by atoms with Gasteiger partial charge in [0.15, 0.2) is 0 Å². The van der Waals surface area contributed by atoms with Crippen molar-refractivity contribution in [3.05, 3.63) is 25.2 Å². The molecule has 0 unspecified atom stereocenters. The summed E-state index contributed by atoms with van der Waals surface area (Å²) in [6.07, 6.45) is 4.68. The lowest BCUT2D eigenvalue weighted by Gasteiger charge is -1.96. The van der Waals surface area contributed by atoms with Crippen molar-refractivity contribution >= 4 is 0 Å². The third kappa shape index (κ3) is 5.08. The van der Waals surface area contributed by atoms with Gasteiger partial charge in [-0.2, -0.15) is 0 Å². The van der Waals surface area contributed by atoms with E-state index in [0.717, 1.165) is 0 Å². The zero-order chi connectivity index (χ0) is 6.24. The maximum absolute atomic E-state index is 4.75. The number of allylic oxidation sites excluding steroid dienone is 1. The van der Waals surface area contributed by atoms with Crippen molar-refractivity contribution in [2.75, 3.05) is 6.79 Å². The largest absolute Gasteiger partial charge is 0.466 e. The predicted octanol–water partition coefficient (Wildman–Crippen LogP) is 1.65. The van der Waals surface area contributed by atoms with Crippen molar-refractivity contribution in [1.29, 1.82) is 0 Å². The predicted molar refractivity (Wildman–Crippen MR) is 32.0 cm³/mol. The molecule has 2 nitrogen and oxygen atoms in total. The summed E-state index contributed by atoms with van der Waals surface area (Å²) < 4.78 is 9.38. The van der Waals surface area contributed by atoms with Crippen LogP contribution in [0.3, 0.4) is 0 Å². The van der Waals surface area contributed by atoms with Crippen LogP contribution >= 0.6 is 0 Å². The maximum atomic E-state index is 4.75. The summed E-state index contributed by atoms with van der Waals surface area (Å²) in [6.45, 7) is 5.44. The Bertz CT molecular complexity index is 76.6. The van der Waals surface area contributed by atoms with Gasteiger partial charge in [-0.05, 0) is 6.92 Å². The van der Waals surface area contributed by atoms with Crippen LogP contribution in [0.5, 0.6) is 0 Å². The normalized spacial score (nSPS) is 9.12. The zero-order valence-corrected chi connectivity index (χ0v) is 4.96. The molecular weight excluding hydrogens is 104 g/mol. The Morgan fingerprint density at radius 2 is 2.25 bits per heavy atom. The van der Waals surface area contributed by atoms with Gasteiger partial charge in [0.05, 0.1) is 12.5 Å². The fourth-order valence-corrected chi connectivity index (χ4v) is 0.223. The molecule has 0 aromatic rings. The molecule has 0 spiro atoms. The molecule has 0 aromatic carbocycles. The van der Waals surface area contributed by atoms with Crippen LogP contribution in [0, 0.1) is 0 Å². The smallest absolute Gasteiger partial charge is 0.229 e. The molecule has 0 bridgehead atoms. The van der Waals surface area contributed by atoms with Crippen LogP contribution in [0.25, 0.3) is 0 Å². The van der Waals surface area contributed by atoms with Gasteiger partial charge in [-0.25, -0.2) is 0 Å². The maximum Gasteiger partial charge on any atom is 0.229 e. The molecule has 0 amide bonds. The lowest BCUT2D eigenvalue weighted by atomic mass is 10.7. The molecule has 0 radical (unpaired) electrons. The van der Waals surface area contributed by atoms with Gasteiger partial charge < -0.3 is 9.47 Å². The van der Waals surface area contributed by atoms with E-state index in [1.165, 1.54) is 6.26 Å². The second kappa shape index (κ2) is 6.08. The quantitative estimate of drug-likeness (QED) is 0.314. The molecule has 2 heteroatoms. The van der Waals surface area contributed by atoms with E-state index in [9.17, 15) is 0 Å². The van der Waals surface area contributed by atoms with Gasteiger partial charge in [0.2, 0.25) is 6.79 Å². The Labute approximate surface area is 49.4 Å². The standard InChI is InChI=1S/C6H10O2/c1-3-5-8-6-7-4-2/h3-5H,2,6H2,1H3/b5-3-. The third-order valence-electron chi connectivity index (χ3n) is 0.486. The van der Waals surface area contributed by atoms with Gasteiger partial charge in [-0.1, -0.05) is 12.7 Å². The topological polar surface area (TPSA) is 18.5 Å². The van der Waals surface area contributed by atoms with Gasteiger partial charge in [0.1, 0.15) is 0 Å². The fraction of sp³-hybridized carbons (Fsp3) is 0.333. The second-order valence-corrected chi connectivity index (χ2v) is 1.09. The molecule has 0 aromatic heterocycles. The number of hydrogen-bond donors (Lipinski definition) is 0. The van der Waals surface area contributed by atoms with Crippen LogP contribution in [-0.4, -0.2) is 6.79 Å². The molecule has 8 heavy (non-hydrogen) atoms. The van der Waals surface area contributed by atoms with Crippen LogP contribution in [-0.2, 0) is 9.47 Å². The van der Waals surface area contributed by atoms with Crippen molar-refractivity contribution in [1.82, 2.24) is 0 Å². The van der Waals surface area contributed by atoms with Crippen molar-refractivity contribution in [3.63, 3.8) is 0 Å². The van der Waals surface area contributed by atoms with Gasteiger partial charge in [-0.15, -0.1) is 0 Å². The summed E-state index contributed by atoms with van der Waals surface area (Å²) in [5.41, 5.74) is 0. The highest BCUT2D eigenvalue weighted by atomic mass is 16.7. The lowest BCUT2D eigenvalue weighted by molar-refractivity contribution is 0.0456. The van der Waals surface area contributed by atoms with Crippen molar-refractivity contribution in [2.45, 2.75) is 6.92 Å². The molecule has 0 aliphatic heterocycles. The molecule has 0 saturated carbocycles. The van der Waals surface area contributed by atoms with Gasteiger partial charge >= 0.3 is 0 Å². The van der Waals surface area contributed by atoms with E-state index < -0.39 is 0 Å². The molecule has 0 rings (SSSR count). The number of ether oxygens (including phenoxy) is 2. The van der Waals surface area contributed by atoms with E-state index in [2.05, 4.69) is 11.3 Å². The SMILES string of the molecule is C=COCO/C=C\C. The highest BCUT2D eigenvalue weighted by molar-refractivity contribution is 4.64. The van der Waals surface area contributed by atoms with Gasteiger partial charge in [0, 0.05) is 0 Å². The summed E-state index contributed by atoms with van der Waals surface area (Å²) in [6, 6.07) is 0. The number of rotatable bonds is 4. The number of hydrogen-bond acceptors (Lipinski definition) is 2. The van der Waals surface area contributed by atoms with E-state index in [0.29, 0.717) is 0 Å². The summed E-state index contributed by atoms with van der Waals surface area (Å²) in [4.78, 5) is 0. The molecule has 0 fully saturated rings. The Balaban J connectivity index is 2.82. The highest BCUT2D eigenvalue weighted by Crippen LogP contribution is 1.78. The van der Waals surface area contributed by atoms with E-state index in [4.69, 9.17) is 4.74 Å². The highest BCUT2D eigenvalue weighted by Gasteiger charge is 1.70. The van der Waals surface area contributed by atoms with Gasteiger partial charge in [0.25, 0.3) is 0 Å². The summed E-state index contributed by atoms with van der Waals surface area (Å²) >= 11 is 0. The van der Waals surface area contributed by atoms with E-state index >= 15 is 0 Å². The van der Waals surface area contributed by atoms with E-state index in [1.807, 2.05) is 6.92 Å². The van der Waals surface area contributed by atoms with Gasteiger partial charge in [-0.3, -0.25) is 0 Å². The molecule has 46 valence electrons. The Hall–Kier alpha value is -0.920. The Morgan fingerprint density at radius 1 is 1.50 bits per heavy atom. The first-order chi connectivity index (χ1) is 3.91. The van der Waals surface area contributed by atoms with E-state index in [1.54, 1.807) is 12.3 Å². The van der Waals surface area contributed by atoms with Crippen LogP contribution < -0.4 is 0 Å². The Morgan fingerprint density at radius 3 is 2.75 bits per heavy atom. The lowest BCUT2D eigenvalue weighted by Crippen LogP contribution is -1.86. The minimum atomic E-state index is 0.244. The molecule has 0 aliphatic carbocycles. The first-order valence-electron chi connectivity index (χ1n) is 2.37. The molecule has 0 saturated heterocycles. The first kappa shape index (κ1) is 7.08. The third-order valence-corrected chi connectivity index (χ3v) is 0.486. The minimum Gasteiger partial charge on any atom is -0.466 e. The fourth-order valence-electron chi connectivity index (χ4n) is 0.223. The average Bonchev–Trinajstić information content (AvgIpc) is 1.81. The Kier molecular flexibility index (Phi) is 5.38. The van der Waals surface area contributed by atoms with Crippen LogP contribution in [0.15, 0.2) is 25.2 Å². The monoisotopic (exact) mass is 114 g/mol. The first-order valence-corrected chi connectivity index (χ1v) is 2.37. The van der Waals surface area contributed by atoms with E-state index in [-0.39, 0.29) is 6.79 Å². The second-order valence-electron chi connectivity index (χ2n) is 1.09. The molecule has 0 aliphatic rings. The van der Waals surface area contributed by atoms with Crippen LogP contribution in [0.4, 0.5) is 0 Å². The average molecular weight is 114 g/mol. The summed E-state index contributed by atoms with van der Waals surface area (Å²) in [5, 5.41) is 0. The summed E-state index contributed by atoms with van der Waals surface area (Å²) in [5.74, 6) is 0. The summed E-state index contributed by atoms with van der Waals surface area (Å²) in [7, 11) is 0.